The molecule has 1 aromatic carbocycles. The van der Waals surface area contributed by atoms with Gasteiger partial charge in [-0.3, -0.25) is 47.7 Å². The van der Waals surface area contributed by atoms with Gasteiger partial charge < -0.3 is 34.2 Å². The van der Waals surface area contributed by atoms with Crippen molar-refractivity contribution in [3.8, 4) is 5.75 Å². The molecule has 2 aliphatic rings. The number of amides is 1. The molecule has 0 aliphatic carbocycles. The fourth-order valence-electron chi connectivity index (χ4n) is 5.81. The molecule has 0 spiro atoms. The molecule has 2 aliphatic heterocycles. The number of rotatable bonds is 16. The number of carboxylic acids is 3. The summed E-state index contributed by atoms with van der Waals surface area (Å²) in [5.41, 5.74) is -0.900. The van der Waals surface area contributed by atoms with E-state index in [2.05, 4.69) is 0 Å². The van der Waals surface area contributed by atoms with Crippen molar-refractivity contribution in [2.24, 2.45) is 0 Å². The van der Waals surface area contributed by atoms with Crippen LogP contribution in [-0.4, -0.2) is 122 Å². The van der Waals surface area contributed by atoms with Gasteiger partial charge in [0.25, 0.3) is 17.0 Å². The Bertz CT molecular complexity index is 2660. The van der Waals surface area contributed by atoms with Crippen molar-refractivity contribution in [3.63, 3.8) is 0 Å². The average molecular weight is 885 g/mol. The van der Waals surface area contributed by atoms with Gasteiger partial charge in [-0.25, -0.2) is 8.42 Å². The largest absolute Gasteiger partial charge is 0.748 e. The van der Waals surface area contributed by atoms with E-state index in [-0.39, 0.29) is 61.8 Å². The number of carbonyl (C=O) groups excluding carboxylic acids is 1. The Morgan fingerprint density at radius 2 is 1.58 bits per heavy atom. The van der Waals surface area contributed by atoms with Gasteiger partial charge in [-0.15, -0.1) is 22.7 Å². The highest BCUT2D eigenvalue weighted by Gasteiger charge is 2.39. The van der Waals surface area contributed by atoms with Gasteiger partial charge in [0, 0.05) is 36.9 Å². The highest BCUT2D eigenvalue weighted by atomic mass is 32.2. The van der Waals surface area contributed by atoms with Crippen LogP contribution in [0.25, 0.3) is 11.3 Å². The molecule has 0 bridgehead atoms. The van der Waals surface area contributed by atoms with Gasteiger partial charge >= 0.3 is 17.9 Å². The molecule has 3 N–H and O–H groups in total. The van der Waals surface area contributed by atoms with Crippen LogP contribution in [0.4, 0.5) is 5.69 Å². The van der Waals surface area contributed by atoms with E-state index in [1.54, 1.807) is 25.1 Å². The van der Waals surface area contributed by atoms with Gasteiger partial charge in [-0.1, -0.05) is 18.7 Å². The second kappa shape index (κ2) is 17.7. The van der Waals surface area contributed by atoms with Gasteiger partial charge in [0.05, 0.1) is 39.1 Å². The third-order valence-corrected chi connectivity index (χ3v) is 13.4. The Labute approximate surface area is 340 Å². The first-order chi connectivity index (χ1) is 26.9. The smallest absolute Gasteiger partial charge is 0.323 e. The minimum atomic E-state index is -4.39. The van der Waals surface area contributed by atoms with E-state index in [0.717, 1.165) is 40.9 Å². The van der Waals surface area contributed by atoms with Crippen molar-refractivity contribution in [2.75, 3.05) is 51.1 Å². The van der Waals surface area contributed by atoms with Crippen molar-refractivity contribution < 1.29 is 56.9 Å². The minimum absolute atomic E-state index is 0.0125. The molecule has 19 nitrogen and oxygen atoms in total. The quantitative estimate of drug-likeness (QED) is 0.0957. The number of anilines is 1. The zero-order chi connectivity index (χ0) is 41.9. The lowest BCUT2D eigenvalue weighted by molar-refractivity contribution is -0.138. The molecule has 4 heterocycles. The molecule has 0 saturated carbocycles. The third kappa shape index (κ3) is 9.48. The van der Waals surface area contributed by atoms with Gasteiger partial charge in [0.15, 0.2) is 5.11 Å². The molecule has 3 aromatic rings. The minimum Gasteiger partial charge on any atom is -0.748 e. The molecule has 0 unspecified atom stereocenters. The summed E-state index contributed by atoms with van der Waals surface area (Å²) >= 11 is 8.03. The van der Waals surface area contributed by atoms with Gasteiger partial charge in [-0.2, -0.15) is 0 Å². The average Bonchev–Trinajstić information content (AvgIpc) is 3.80. The third-order valence-electron chi connectivity index (χ3n) is 8.39. The highest BCUT2D eigenvalue weighted by molar-refractivity contribution is 8.03. The molecule has 2 aromatic heterocycles. The second-order valence-electron chi connectivity index (χ2n) is 12.2. The number of methoxy groups -OCH3 is 1. The van der Waals surface area contributed by atoms with Crippen LogP contribution >= 0.6 is 46.7 Å². The van der Waals surface area contributed by atoms with Crippen molar-refractivity contribution in [1.82, 2.24) is 18.9 Å². The van der Waals surface area contributed by atoms with Crippen molar-refractivity contribution in [3.05, 3.63) is 68.4 Å². The number of fused-ring (bicyclic) bond motifs is 1. The van der Waals surface area contributed by atoms with E-state index in [4.69, 9.17) is 21.7 Å². The van der Waals surface area contributed by atoms with Crippen molar-refractivity contribution in [2.45, 2.75) is 37.8 Å². The highest BCUT2D eigenvalue weighted by Crippen LogP contribution is 2.47. The number of hydrogen-bond acceptors (Lipinski definition) is 16. The van der Waals surface area contributed by atoms with Crippen LogP contribution in [-0.2, 0) is 47.1 Å². The number of thioether (sulfide) groups is 1. The van der Waals surface area contributed by atoms with Crippen LogP contribution in [0.15, 0.2) is 43.8 Å². The summed E-state index contributed by atoms with van der Waals surface area (Å²) in [7, 11) is -1.60. The number of hydrogen-bond donors (Lipinski definition) is 3. The van der Waals surface area contributed by atoms with Crippen molar-refractivity contribution >= 4 is 103 Å². The predicted molar refractivity (Wildman–Crippen MR) is 210 cm³/mol. The SMILES string of the molecule is CCC(C=C1Sc2ccc(OC)cc2N1CCOCCCS(=O)(=O)[O-])=c1s/c(=c2/s/c(=C3\C(=O)N(C)C(=S)N3CC(=O)O)n(CC(=O)O)c2=O)n(CC(=O)O)c1=O. The molecular formula is C33H34N5O14S5-. The maximum Gasteiger partial charge on any atom is 0.323 e. The van der Waals surface area contributed by atoms with Crippen LogP contribution in [0.1, 0.15) is 19.8 Å². The Balaban J connectivity index is 1.75. The lowest BCUT2D eigenvalue weighted by Crippen LogP contribution is -2.37. The fourth-order valence-corrected chi connectivity index (χ4v) is 10.2. The van der Waals surface area contributed by atoms with E-state index in [9.17, 15) is 57.1 Å². The first kappa shape index (κ1) is 43.3. The lowest BCUT2D eigenvalue weighted by Gasteiger charge is -2.21. The van der Waals surface area contributed by atoms with Gasteiger partial charge in [0.1, 0.15) is 44.9 Å². The van der Waals surface area contributed by atoms with E-state index in [1.807, 2.05) is 11.0 Å². The van der Waals surface area contributed by atoms with E-state index in [0.29, 0.717) is 27.7 Å². The van der Waals surface area contributed by atoms with E-state index in [1.165, 1.54) is 25.9 Å². The fraction of sp³-hybridized carbons (Fsp3) is 0.364. The number of nitrogens with zero attached hydrogens (tertiary/aromatic N) is 5. The molecular weight excluding hydrogens is 851 g/mol. The molecule has 1 saturated heterocycles. The number of aliphatic carboxylic acids is 3. The maximum absolute atomic E-state index is 14.1. The molecule has 0 atom stereocenters. The Morgan fingerprint density at radius 1 is 0.930 bits per heavy atom. The number of carboxylic acid groups (broad SMARTS) is 3. The molecule has 24 heteroatoms. The molecule has 306 valence electrons. The number of benzene rings is 1. The zero-order valence-electron chi connectivity index (χ0n) is 30.3. The zero-order valence-corrected chi connectivity index (χ0v) is 34.4. The Kier molecular flexibility index (Phi) is 13.5. The molecule has 1 fully saturated rings. The topological polar surface area (TPSA) is 258 Å². The lowest BCUT2D eigenvalue weighted by atomic mass is 10.2. The Morgan fingerprint density at radius 3 is 2.18 bits per heavy atom. The van der Waals surface area contributed by atoms with Crippen LogP contribution in [0, 0.1) is 9.20 Å². The molecule has 0 radical (unpaired) electrons. The predicted octanol–water partition coefficient (Wildman–Crippen LogP) is -0.184. The maximum atomic E-state index is 14.1. The molecule has 57 heavy (non-hydrogen) atoms. The van der Waals surface area contributed by atoms with Gasteiger partial charge in [-0.05, 0) is 48.8 Å². The summed E-state index contributed by atoms with van der Waals surface area (Å²) in [5, 5.41) is 29.6. The normalized spacial score (nSPS) is 17.1. The number of allylic oxidation sites excluding steroid dienone is 1. The summed E-state index contributed by atoms with van der Waals surface area (Å²) in [5.74, 6) is -5.09. The van der Waals surface area contributed by atoms with E-state index >= 15 is 0 Å². The summed E-state index contributed by atoms with van der Waals surface area (Å²) in [6, 6.07) is 5.41. The number of aromatic nitrogens is 2. The number of ether oxygens (including phenoxy) is 2. The van der Waals surface area contributed by atoms with Crippen LogP contribution < -0.4 is 30.0 Å². The first-order valence-electron chi connectivity index (χ1n) is 16.7. The summed E-state index contributed by atoms with van der Waals surface area (Å²) in [6.07, 6.45) is 2.00. The van der Waals surface area contributed by atoms with Gasteiger partial charge in [0.2, 0.25) is 0 Å². The summed E-state index contributed by atoms with van der Waals surface area (Å²) in [4.78, 5) is 82.0. The summed E-state index contributed by atoms with van der Waals surface area (Å²) < 4.78 is 45.0. The number of carbonyl (C=O) groups is 4. The molecule has 5 rings (SSSR count). The standard InChI is InChI=1S/C33H35N5O14S5/c1-4-17(12-21-35(8-10-52-9-5-11-57(48,49)50)19-13-18(51-3)6-7-20(19)54-21)26-29(46)38(16-24(43)44)32(55-26)27-30(47)37(15-23(41)42)31(56-27)25-28(45)34(2)33(53)36(25)14-22(39)40/h6-7,12-13H,4-5,8-11,14-16H2,1-3H3,(H,39,40)(H,41,42)(H,43,44)(H,48,49,50)/p-1/b21-12?,26-17?,31-25+,32-27+. The monoisotopic (exact) mass is 884 g/mol. The number of thiazole rings is 2. The number of thiocarbonyl (C=S) groups is 1. The van der Waals surface area contributed by atoms with Crippen molar-refractivity contribution in [1.29, 1.82) is 0 Å². The first-order valence-corrected chi connectivity index (χ1v) is 21.1. The van der Waals surface area contributed by atoms with Crippen LogP contribution in [0.3, 0.4) is 0 Å². The van der Waals surface area contributed by atoms with Crippen LogP contribution in [0.2, 0.25) is 0 Å². The summed E-state index contributed by atoms with van der Waals surface area (Å²) in [6.45, 7) is -0.464. The Hall–Kier alpha value is -4.85. The second-order valence-corrected chi connectivity index (χ2v) is 17.1. The van der Waals surface area contributed by atoms with E-state index < -0.39 is 70.4 Å². The van der Waals surface area contributed by atoms with Crippen LogP contribution in [0.5, 0.6) is 5.75 Å². The number of likely N-dealkylation sites (N-methyl/N-ethyl adjacent to an activating group) is 1. The molecule has 1 amide bonds.